The average Bonchev–Trinajstić information content (AvgIpc) is 2.84. The van der Waals surface area contributed by atoms with E-state index in [1.807, 2.05) is 40.1 Å². The van der Waals surface area contributed by atoms with Gasteiger partial charge in [0.2, 0.25) is 0 Å². The lowest BCUT2D eigenvalue weighted by atomic mass is 10.2. The zero-order valence-electron chi connectivity index (χ0n) is 9.76. The Morgan fingerprint density at radius 2 is 2.22 bits per heavy atom. The highest BCUT2D eigenvalue weighted by Crippen LogP contribution is 2.21. The zero-order valence-corrected chi connectivity index (χ0v) is 12.7. The second-order valence-electron chi connectivity index (χ2n) is 3.91. The Kier molecular flexibility index (Phi) is 4.23. The fraction of sp³-hybridized carbons (Fsp3) is 0.154. The molecule has 1 aromatic carbocycles. The highest BCUT2D eigenvalue weighted by Gasteiger charge is 2.13. The third-order valence-corrected chi connectivity index (χ3v) is 4.29. The zero-order chi connectivity index (χ0) is 13.1. The molecule has 18 heavy (non-hydrogen) atoms. The molecule has 0 atom stereocenters. The van der Waals surface area contributed by atoms with Crippen molar-refractivity contribution in [2.75, 3.05) is 7.05 Å². The summed E-state index contributed by atoms with van der Waals surface area (Å²) in [6.07, 6.45) is 0. The van der Waals surface area contributed by atoms with Gasteiger partial charge < -0.3 is 10.0 Å². The summed E-state index contributed by atoms with van der Waals surface area (Å²) in [5.41, 5.74) is 0.506. The highest BCUT2D eigenvalue weighted by atomic mass is 127. The Bertz CT molecular complexity index is 554. The van der Waals surface area contributed by atoms with Gasteiger partial charge in [-0.3, -0.25) is 4.79 Å². The highest BCUT2D eigenvalue weighted by molar-refractivity contribution is 14.1. The molecule has 94 valence electrons. The number of nitrogens with zero attached hydrogens (tertiary/aromatic N) is 1. The summed E-state index contributed by atoms with van der Waals surface area (Å²) in [4.78, 5) is 14.9. The number of hydrogen-bond acceptors (Lipinski definition) is 3. The van der Waals surface area contributed by atoms with E-state index in [1.165, 1.54) is 6.07 Å². The van der Waals surface area contributed by atoms with Gasteiger partial charge in [0.15, 0.2) is 0 Å². The van der Waals surface area contributed by atoms with Gasteiger partial charge >= 0.3 is 0 Å². The van der Waals surface area contributed by atoms with Crippen molar-refractivity contribution in [1.29, 1.82) is 0 Å². The smallest absolute Gasteiger partial charge is 0.254 e. The van der Waals surface area contributed by atoms with E-state index in [4.69, 9.17) is 0 Å². The number of carbonyl (C=O) groups is 1. The molecule has 2 aromatic rings. The molecule has 0 aliphatic carbocycles. The summed E-state index contributed by atoms with van der Waals surface area (Å²) in [5.74, 6) is 0.0565. The Hall–Kier alpha value is -1.08. The van der Waals surface area contributed by atoms with Crippen LogP contribution in [-0.4, -0.2) is 23.0 Å². The van der Waals surface area contributed by atoms with Crippen LogP contribution >= 0.6 is 33.9 Å². The number of amides is 1. The summed E-state index contributed by atoms with van der Waals surface area (Å²) >= 11 is 3.65. The molecule has 1 heterocycles. The van der Waals surface area contributed by atoms with Gasteiger partial charge in [0.1, 0.15) is 5.75 Å². The largest absolute Gasteiger partial charge is 0.507 e. The van der Waals surface area contributed by atoms with Gasteiger partial charge in [-0.05, 0) is 52.2 Å². The first-order valence-electron chi connectivity index (χ1n) is 5.34. The second-order valence-corrected chi connectivity index (χ2v) is 6.10. The van der Waals surface area contributed by atoms with Gasteiger partial charge in [-0.1, -0.05) is 6.07 Å². The van der Waals surface area contributed by atoms with Crippen LogP contribution in [0.3, 0.4) is 0 Å². The van der Waals surface area contributed by atoms with Gasteiger partial charge in [0, 0.05) is 17.5 Å². The Balaban J connectivity index is 2.12. The quantitative estimate of drug-likeness (QED) is 0.839. The molecule has 2 rings (SSSR count). The molecule has 0 aliphatic heterocycles. The van der Waals surface area contributed by atoms with Crippen molar-refractivity contribution in [3.8, 4) is 5.75 Å². The summed E-state index contributed by atoms with van der Waals surface area (Å²) in [5, 5.41) is 11.6. The van der Waals surface area contributed by atoms with Crippen LogP contribution in [-0.2, 0) is 6.54 Å². The monoisotopic (exact) mass is 373 g/mol. The number of halogens is 1. The summed E-state index contributed by atoms with van der Waals surface area (Å²) in [6, 6.07) is 8.95. The van der Waals surface area contributed by atoms with E-state index in [9.17, 15) is 9.90 Å². The van der Waals surface area contributed by atoms with Crippen molar-refractivity contribution < 1.29 is 9.90 Å². The molecule has 0 aliphatic rings. The number of carbonyl (C=O) groups excluding carboxylic acids is 1. The van der Waals surface area contributed by atoms with E-state index in [0.29, 0.717) is 12.1 Å². The van der Waals surface area contributed by atoms with Crippen LogP contribution in [0.1, 0.15) is 15.2 Å². The first-order chi connectivity index (χ1) is 8.58. The standard InChI is InChI=1S/C13H12INO2S/c1-15(8-10-3-2-6-18-10)13(17)9-4-5-11(14)12(16)7-9/h2-7,16H,8H2,1H3. The van der Waals surface area contributed by atoms with E-state index < -0.39 is 0 Å². The maximum atomic E-state index is 12.2. The number of phenolic OH excluding ortho intramolecular Hbond substituents is 1. The van der Waals surface area contributed by atoms with Gasteiger partial charge in [0.25, 0.3) is 5.91 Å². The number of rotatable bonds is 3. The Morgan fingerprint density at radius 3 is 2.83 bits per heavy atom. The number of hydrogen-bond donors (Lipinski definition) is 1. The van der Waals surface area contributed by atoms with Crippen molar-refractivity contribution in [2.24, 2.45) is 0 Å². The fourth-order valence-electron chi connectivity index (χ4n) is 1.57. The van der Waals surface area contributed by atoms with Crippen LogP contribution in [0.25, 0.3) is 0 Å². The van der Waals surface area contributed by atoms with E-state index in [1.54, 1.807) is 35.4 Å². The van der Waals surface area contributed by atoms with Crippen LogP contribution < -0.4 is 0 Å². The maximum Gasteiger partial charge on any atom is 0.254 e. The Labute approximate surface area is 123 Å². The number of thiophene rings is 1. The van der Waals surface area contributed by atoms with Crippen LogP contribution in [0.2, 0.25) is 0 Å². The minimum Gasteiger partial charge on any atom is -0.507 e. The SMILES string of the molecule is CN(Cc1cccs1)C(=O)c1ccc(I)c(O)c1. The second kappa shape index (κ2) is 5.71. The summed E-state index contributed by atoms with van der Waals surface area (Å²) < 4.78 is 0.741. The summed E-state index contributed by atoms with van der Waals surface area (Å²) in [7, 11) is 1.76. The lowest BCUT2D eigenvalue weighted by Crippen LogP contribution is -2.25. The minimum atomic E-state index is -0.0879. The number of benzene rings is 1. The normalized spacial score (nSPS) is 10.3. The van der Waals surface area contributed by atoms with Gasteiger partial charge in [-0.15, -0.1) is 11.3 Å². The molecule has 3 nitrogen and oxygen atoms in total. The molecule has 0 saturated carbocycles. The Morgan fingerprint density at radius 1 is 1.44 bits per heavy atom. The molecule has 1 N–H and O–H groups in total. The predicted molar refractivity (Wildman–Crippen MR) is 80.9 cm³/mol. The lowest BCUT2D eigenvalue weighted by Gasteiger charge is -2.16. The molecule has 0 saturated heterocycles. The molecule has 0 spiro atoms. The van der Waals surface area contributed by atoms with Crippen LogP contribution in [0.5, 0.6) is 5.75 Å². The molecule has 0 bridgehead atoms. The first kappa shape index (κ1) is 13.4. The molecular weight excluding hydrogens is 361 g/mol. The van der Waals surface area contributed by atoms with E-state index in [-0.39, 0.29) is 11.7 Å². The van der Waals surface area contributed by atoms with E-state index in [2.05, 4.69) is 0 Å². The molecule has 0 unspecified atom stereocenters. The summed E-state index contributed by atoms with van der Waals surface area (Å²) in [6.45, 7) is 0.587. The first-order valence-corrected chi connectivity index (χ1v) is 7.30. The fourth-order valence-corrected chi connectivity index (χ4v) is 2.67. The minimum absolute atomic E-state index is 0.0879. The third kappa shape index (κ3) is 3.02. The molecule has 0 radical (unpaired) electrons. The molecule has 5 heteroatoms. The van der Waals surface area contributed by atoms with Crippen LogP contribution in [0.4, 0.5) is 0 Å². The van der Waals surface area contributed by atoms with Crippen molar-refractivity contribution in [1.82, 2.24) is 4.90 Å². The van der Waals surface area contributed by atoms with Gasteiger partial charge in [-0.25, -0.2) is 0 Å². The maximum absolute atomic E-state index is 12.2. The topological polar surface area (TPSA) is 40.5 Å². The molecule has 0 fully saturated rings. The van der Waals surface area contributed by atoms with Crippen molar-refractivity contribution in [2.45, 2.75) is 6.54 Å². The average molecular weight is 373 g/mol. The third-order valence-electron chi connectivity index (χ3n) is 2.51. The van der Waals surface area contributed by atoms with Gasteiger partial charge in [-0.2, -0.15) is 0 Å². The number of phenols is 1. The lowest BCUT2D eigenvalue weighted by molar-refractivity contribution is 0.0786. The number of aromatic hydroxyl groups is 1. The van der Waals surface area contributed by atoms with E-state index in [0.717, 1.165) is 8.45 Å². The van der Waals surface area contributed by atoms with Crippen LogP contribution in [0.15, 0.2) is 35.7 Å². The van der Waals surface area contributed by atoms with Crippen molar-refractivity contribution in [3.63, 3.8) is 0 Å². The van der Waals surface area contributed by atoms with Crippen molar-refractivity contribution in [3.05, 3.63) is 49.7 Å². The predicted octanol–water partition coefficient (Wildman–Crippen LogP) is 3.33. The van der Waals surface area contributed by atoms with Crippen LogP contribution in [0, 0.1) is 3.57 Å². The van der Waals surface area contributed by atoms with E-state index >= 15 is 0 Å². The molecule has 1 amide bonds. The van der Waals surface area contributed by atoms with Gasteiger partial charge in [0.05, 0.1) is 10.1 Å². The molecular formula is C13H12INO2S. The molecule has 1 aromatic heterocycles. The van der Waals surface area contributed by atoms with Crippen molar-refractivity contribution >= 4 is 39.8 Å².